The normalized spacial score (nSPS) is 12.3. The van der Waals surface area contributed by atoms with Crippen LogP contribution in [0.2, 0.25) is 0 Å². The van der Waals surface area contributed by atoms with Crippen LogP contribution < -0.4 is 14.8 Å². The fourth-order valence-corrected chi connectivity index (χ4v) is 1.56. The minimum Gasteiger partial charge on any atom is -0.493 e. The van der Waals surface area contributed by atoms with Crippen LogP contribution in [0.5, 0.6) is 11.5 Å². The average molecular weight is 239 g/mol. The van der Waals surface area contributed by atoms with Crippen molar-refractivity contribution in [2.75, 3.05) is 20.8 Å². The van der Waals surface area contributed by atoms with Crippen molar-refractivity contribution < 1.29 is 14.6 Å². The first-order chi connectivity index (χ1) is 8.12. The molecule has 0 bridgehead atoms. The molecule has 0 amide bonds. The SMILES string of the molecule is COc1cc(C)c(CNC(C)CO)cc1OC. The summed E-state index contributed by atoms with van der Waals surface area (Å²) in [7, 11) is 3.25. The number of aryl methyl sites for hydroxylation is 1. The van der Waals surface area contributed by atoms with E-state index in [0.717, 1.165) is 22.6 Å². The van der Waals surface area contributed by atoms with E-state index in [2.05, 4.69) is 5.32 Å². The summed E-state index contributed by atoms with van der Waals surface area (Å²) < 4.78 is 10.5. The molecule has 1 rings (SSSR count). The Hall–Kier alpha value is -1.26. The Balaban J connectivity index is 2.85. The summed E-state index contributed by atoms with van der Waals surface area (Å²) in [4.78, 5) is 0. The first-order valence-electron chi connectivity index (χ1n) is 5.68. The van der Waals surface area contributed by atoms with Gasteiger partial charge in [-0.05, 0) is 37.1 Å². The lowest BCUT2D eigenvalue weighted by atomic mass is 10.1. The molecule has 0 radical (unpaired) electrons. The second kappa shape index (κ2) is 6.47. The van der Waals surface area contributed by atoms with Gasteiger partial charge >= 0.3 is 0 Å². The Morgan fingerprint density at radius 2 is 1.82 bits per heavy atom. The van der Waals surface area contributed by atoms with E-state index in [0.29, 0.717) is 6.54 Å². The Kier molecular flexibility index (Phi) is 5.25. The number of benzene rings is 1. The third kappa shape index (κ3) is 3.61. The van der Waals surface area contributed by atoms with Crippen molar-refractivity contribution >= 4 is 0 Å². The largest absolute Gasteiger partial charge is 0.493 e. The minimum atomic E-state index is 0.0856. The molecule has 0 aliphatic carbocycles. The summed E-state index contributed by atoms with van der Waals surface area (Å²) in [5, 5.41) is 12.2. The molecule has 17 heavy (non-hydrogen) atoms. The monoisotopic (exact) mass is 239 g/mol. The van der Waals surface area contributed by atoms with Crippen LogP contribution in [-0.4, -0.2) is 32.0 Å². The number of rotatable bonds is 6. The van der Waals surface area contributed by atoms with E-state index in [1.807, 2.05) is 26.0 Å². The highest BCUT2D eigenvalue weighted by Crippen LogP contribution is 2.30. The zero-order chi connectivity index (χ0) is 12.8. The van der Waals surface area contributed by atoms with Crippen molar-refractivity contribution in [3.05, 3.63) is 23.3 Å². The zero-order valence-corrected chi connectivity index (χ0v) is 10.9. The van der Waals surface area contributed by atoms with E-state index in [1.165, 1.54) is 0 Å². The van der Waals surface area contributed by atoms with Crippen molar-refractivity contribution in [2.24, 2.45) is 0 Å². The van der Waals surface area contributed by atoms with Crippen LogP contribution in [0.1, 0.15) is 18.1 Å². The van der Waals surface area contributed by atoms with Gasteiger partial charge < -0.3 is 19.9 Å². The van der Waals surface area contributed by atoms with E-state index in [1.54, 1.807) is 14.2 Å². The molecule has 0 aliphatic heterocycles. The molecule has 0 saturated carbocycles. The molecule has 0 saturated heterocycles. The smallest absolute Gasteiger partial charge is 0.161 e. The van der Waals surface area contributed by atoms with Gasteiger partial charge in [0.05, 0.1) is 20.8 Å². The fraction of sp³-hybridized carbons (Fsp3) is 0.538. The van der Waals surface area contributed by atoms with Gasteiger partial charge in [0.1, 0.15) is 0 Å². The fourth-order valence-electron chi connectivity index (χ4n) is 1.56. The minimum absolute atomic E-state index is 0.0856. The lowest BCUT2D eigenvalue weighted by Gasteiger charge is -2.15. The molecule has 1 unspecified atom stereocenters. The maximum absolute atomic E-state index is 8.96. The van der Waals surface area contributed by atoms with E-state index >= 15 is 0 Å². The third-order valence-corrected chi connectivity index (χ3v) is 2.76. The van der Waals surface area contributed by atoms with Gasteiger partial charge in [0.25, 0.3) is 0 Å². The summed E-state index contributed by atoms with van der Waals surface area (Å²) in [5.41, 5.74) is 2.28. The van der Waals surface area contributed by atoms with Gasteiger partial charge in [-0.1, -0.05) is 0 Å². The summed E-state index contributed by atoms with van der Waals surface area (Å²) in [6.07, 6.45) is 0. The second-order valence-electron chi connectivity index (χ2n) is 4.10. The Labute approximate surface area is 103 Å². The molecule has 0 aromatic heterocycles. The Morgan fingerprint density at radius 1 is 1.24 bits per heavy atom. The van der Waals surface area contributed by atoms with Gasteiger partial charge in [0, 0.05) is 12.6 Å². The number of ether oxygens (including phenoxy) is 2. The van der Waals surface area contributed by atoms with E-state index in [9.17, 15) is 0 Å². The van der Waals surface area contributed by atoms with Crippen LogP contribution in [-0.2, 0) is 6.54 Å². The Bertz CT molecular complexity index is 366. The molecule has 2 N–H and O–H groups in total. The van der Waals surface area contributed by atoms with Gasteiger partial charge in [-0.3, -0.25) is 0 Å². The van der Waals surface area contributed by atoms with Crippen molar-refractivity contribution in [2.45, 2.75) is 26.4 Å². The molecule has 96 valence electrons. The molecule has 0 heterocycles. The molecular formula is C13H21NO3. The van der Waals surface area contributed by atoms with Crippen LogP contribution in [0.3, 0.4) is 0 Å². The van der Waals surface area contributed by atoms with E-state index in [4.69, 9.17) is 14.6 Å². The molecule has 0 spiro atoms. The van der Waals surface area contributed by atoms with Crippen molar-refractivity contribution in [3.8, 4) is 11.5 Å². The summed E-state index contributed by atoms with van der Waals surface area (Å²) in [6.45, 7) is 4.80. The number of aliphatic hydroxyl groups is 1. The molecular weight excluding hydrogens is 218 g/mol. The van der Waals surface area contributed by atoms with Crippen LogP contribution >= 0.6 is 0 Å². The van der Waals surface area contributed by atoms with Crippen molar-refractivity contribution in [3.63, 3.8) is 0 Å². The number of aliphatic hydroxyl groups excluding tert-OH is 1. The molecule has 1 aromatic carbocycles. The maximum atomic E-state index is 8.96. The molecule has 0 aliphatic rings. The van der Waals surface area contributed by atoms with Gasteiger partial charge in [-0.15, -0.1) is 0 Å². The molecule has 4 nitrogen and oxygen atoms in total. The number of methoxy groups -OCH3 is 2. The number of hydrogen-bond acceptors (Lipinski definition) is 4. The zero-order valence-electron chi connectivity index (χ0n) is 10.9. The van der Waals surface area contributed by atoms with Crippen molar-refractivity contribution in [1.82, 2.24) is 5.32 Å². The first-order valence-corrected chi connectivity index (χ1v) is 5.68. The molecule has 0 fully saturated rings. The number of hydrogen-bond donors (Lipinski definition) is 2. The molecule has 1 atom stereocenters. The first kappa shape index (κ1) is 13.8. The second-order valence-corrected chi connectivity index (χ2v) is 4.10. The van der Waals surface area contributed by atoms with Crippen molar-refractivity contribution in [1.29, 1.82) is 0 Å². The highest BCUT2D eigenvalue weighted by molar-refractivity contribution is 5.46. The van der Waals surface area contributed by atoms with Gasteiger partial charge in [0.2, 0.25) is 0 Å². The maximum Gasteiger partial charge on any atom is 0.161 e. The predicted molar refractivity (Wildman–Crippen MR) is 67.7 cm³/mol. The summed E-state index contributed by atoms with van der Waals surface area (Å²) >= 11 is 0. The van der Waals surface area contributed by atoms with Gasteiger partial charge in [-0.2, -0.15) is 0 Å². The topological polar surface area (TPSA) is 50.7 Å². The summed E-state index contributed by atoms with van der Waals surface area (Å²) in [5.74, 6) is 1.47. The van der Waals surface area contributed by atoms with Gasteiger partial charge in [-0.25, -0.2) is 0 Å². The van der Waals surface area contributed by atoms with E-state index in [-0.39, 0.29) is 12.6 Å². The van der Waals surface area contributed by atoms with Gasteiger partial charge in [0.15, 0.2) is 11.5 Å². The quantitative estimate of drug-likeness (QED) is 0.789. The van der Waals surface area contributed by atoms with Crippen LogP contribution in [0.15, 0.2) is 12.1 Å². The third-order valence-electron chi connectivity index (χ3n) is 2.76. The molecule has 4 heteroatoms. The molecule has 1 aromatic rings. The Morgan fingerprint density at radius 3 is 2.35 bits per heavy atom. The predicted octanol–water partition coefficient (Wildman–Crippen LogP) is 1.48. The highest BCUT2D eigenvalue weighted by Gasteiger charge is 2.09. The highest BCUT2D eigenvalue weighted by atomic mass is 16.5. The van der Waals surface area contributed by atoms with Crippen LogP contribution in [0.4, 0.5) is 0 Å². The lowest BCUT2D eigenvalue weighted by molar-refractivity contribution is 0.251. The number of nitrogens with one attached hydrogen (secondary N) is 1. The van der Waals surface area contributed by atoms with Crippen LogP contribution in [0.25, 0.3) is 0 Å². The van der Waals surface area contributed by atoms with Crippen LogP contribution in [0, 0.1) is 6.92 Å². The average Bonchev–Trinajstić information content (AvgIpc) is 2.36. The lowest BCUT2D eigenvalue weighted by Crippen LogP contribution is -2.28. The standard InChI is InChI=1S/C13H21NO3/c1-9-5-12(16-3)13(17-4)6-11(9)7-14-10(2)8-15/h5-6,10,14-15H,7-8H2,1-4H3. The summed E-state index contributed by atoms with van der Waals surface area (Å²) in [6, 6.07) is 4.01. The van der Waals surface area contributed by atoms with E-state index < -0.39 is 0 Å².